The van der Waals surface area contributed by atoms with Crippen molar-refractivity contribution in [1.82, 2.24) is 4.98 Å². The van der Waals surface area contributed by atoms with Crippen molar-refractivity contribution >= 4 is 17.1 Å². The summed E-state index contributed by atoms with van der Waals surface area (Å²) in [7, 11) is 0. The van der Waals surface area contributed by atoms with Gasteiger partial charge in [-0.25, -0.2) is 4.98 Å². The number of thiazole rings is 1. The maximum absolute atomic E-state index is 11.7. The summed E-state index contributed by atoms with van der Waals surface area (Å²) in [5, 5.41) is 0.939. The number of Topliss-reactive ketones (excluding diaryl/α,β-unsaturated/α-hetero) is 1. The van der Waals surface area contributed by atoms with Crippen molar-refractivity contribution in [2.45, 2.75) is 34.6 Å². The summed E-state index contributed by atoms with van der Waals surface area (Å²) < 4.78 is 0. The molecule has 2 rings (SSSR count). The number of ketones is 1. The first-order valence-electron chi connectivity index (χ1n) is 5.96. The van der Waals surface area contributed by atoms with Crippen LogP contribution in [0.3, 0.4) is 0 Å². The Labute approximate surface area is 112 Å². The van der Waals surface area contributed by atoms with Crippen LogP contribution in [0.25, 0.3) is 10.4 Å². The van der Waals surface area contributed by atoms with E-state index in [0.717, 1.165) is 15.4 Å². The minimum Gasteiger partial charge on any atom is -0.293 e. The fourth-order valence-corrected chi connectivity index (χ4v) is 3.52. The van der Waals surface area contributed by atoms with Crippen molar-refractivity contribution in [2.75, 3.05) is 0 Å². The molecule has 0 unspecified atom stereocenters. The van der Waals surface area contributed by atoms with Gasteiger partial charge in [-0.1, -0.05) is 17.7 Å². The number of hydrogen-bond donors (Lipinski definition) is 0. The molecule has 0 saturated heterocycles. The molecular weight excluding hydrogens is 242 g/mol. The third-order valence-electron chi connectivity index (χ3n) is 2.97. The summed E-state index contributed by atoms with van der Waals surface area (Å²) in [6.07, 6.45) is 0. The van der Waals surface area contributed by atoms with E-state index in [1.165, 1.54) is 16.7 Å². The quantitative estimate of drug-likeness (QED) is 0.755. The molecule has 3 heteroatoms. The fourth-order valence-electron chi connectivity index (χ4n) is 2.37. The van der Waals surface area contributed by atoms with Gasteiger partial charge in [0, 0.05) is 6.92 Å². The van der Waals surface area contributed by atoms with Crippen LogP contribution in [0.1, 0.15) is 39.1 Å². The van der Waals surface area contributed by atoms with E-state index < -0.39 is 0 Å². The first-order chi connectivity index (χ1) is 8.40. The van der Waals surface area contributed by atoms with E-state index in [1.54, 1.807) is 18.3 Å². The number of aryl methyl sites for hydroxylation is 4. The highest BCUT2D eigenvalue weighted by molar-refractivity contribution is 7.15. The lowest BCUT2D eigenvalue weighted by Gasteiger charge is -2.10. The van der Waals surface area contributed by atoms with Crippen LogP contribution in [0.4, 0.5) is 0 Å². The van der Waals surface area contributed by atoms with E-state index in [2.05, 4.69) is 37.9 Å². The third kappa shape index (κ3) is 2.23. The Balaban J connectivity index is 2.73. The smallest absolute Gasteiger partial charge is 0.179 e. The van der Waals surface area contributed by atoms with Gasteiger partial charge in [-0.05, 0) is 44.4 Å². The number of carbonyl (C=O) groups is 1. The molecule has 0 atom stereocenters. The van der Waals surface area contributed by atoms with E-state index in [1.807, 2.05) is 6.92 Å². The van der Waals surface area contributed by atoms with Gasteiger partial charge in [0.1, 0.15) is 5.69 Å². The Morgan fingerprint density at radius 2 is 1.67 bits per heavy atom. The fraction of sp³-hybridized carbons (Fsp3) is 0.333. The normalized spacial score (nSPS) is 10.7. The summed E-state index contributed by atoms with van der Waals surface area (Å²) in [4.78, 5) is 17.1. The molecule has 1 aromatic carbocycles. The molecule has 2 nitrogen and oxygen atoms in total. The molecule has 1 aromatic heterocycles. The molecular formula is C15H17NOS. The van der Waals surface area contributed by atoms with Gasteiger partial charge in [0.25, 0.3) is 0 Å². The molecule has 0 radical (unpaired) electrons. The van der Waals surface area contributed by atoms with Gasteiger partial charge >= 0.3 is 0 Å². The van der Waals surface area contributed by atoms with Crippen LogP contribution in [0.5, 0.6) is 0 Å². The molecule has 0 fully saturated rings. The van der Waals surface area contributed by atoms with Crippen LogP contribution in [-0.2, 0) is 0 Å². The zero-order valence-corrected chi connectivity index (χ0v) is 12.2. The largest absolute Gasteiger partial charge is 0.293 e. The number of benzene rings is 1. The molecule has 0 aliphatic carbocycles. The average molecular weight is 259 g/mol. The number of carbonyl (C=O) groups excluding carboxylic acids is 1. The first kappa shape index (κ1) is 13.0. The molecule has 0 bridgehead atoms. The molecule has 0 aliphatic rings. The maximum Gasteiger partial charge on any atom is 0.179 e. The topological polar surface area (TPSA) is 30.0 Å². The van der Waals surface area contributed by atoms with Crippen molar-refractivity contribution in [3.05, 3.63) is 39.5 Å². The monoisotopic (exact) mass is 259 g/mol. The first-order valence-corrected chi connectivity index (χ1v) is 6.78. The average Bonchev–Trinajstić information content (AvgIpc) is 2.58. The zero-order valence-electron chi connectivity index (χ0n) is 11.4. The van der Waals surface area contributed by atoms with E-state index in [0.29, 0.717) is 5.69 Å². The van der Waals surface area contributed by atoms with Crippen LogP contribution in [0, 0.1) is 27.7 Å². The summed E-state index contributed by atoms with van der Waals surface area (Å²) in [5.41, 5.74) is 5.43. The highest BCUT2D eigenvalue weighted by Crippen LogP contribution is 2.35. The number of nitrogens with zero attached hydrogens (tertiary/aromatic N) is 1. The van der Waals surface area contributed by atoms with Crippen LogP contribution in [0.2, 0.25) is 0 Å². The summed E-state index contributed by atoms with van der Waals surface area (Å²) >= 11 is 1.60. The lowest BCUT2D eigenvalue weighted by Crippen LogP contribution is -1.97. The van der Waals surface area contributed by atoms with E-state index >= 15 is 0 Å². The predicted octanol–water partition coefficient (Wildman–Crippen LogP) is 4.25. The number of aromatic nitrogens is 1. The van der Waals surface area contributed by atoms with Gasteiger partial charge in [-0.15, -0.1) is 11.3 Å². The van der Waals surface area contributed by atoms with Crippen molar-refractivity contribution in [2.24, 2.45) is 0 Å². The molecule has 18 heavy (non-hydrogen) atoms. The molecule has 2 aromatic rings. The Hall–Kier alpha value is -1.48. The Bertz CT molecular complexity index is 602. The van der Waals surface area contributed by atoms with Crippen molar-refractivity contribution in [1.29, 1.82) is 0 Å². The molecule has 0 saturated carbocycles. The summed E-state index contributed by atoms with van der Waals surface area (Å²) in [5.74, 6) is 0.0359. The van der Waals surface area contributed by atoms with Gasteiger partial charge in [0.15, 0.2) is 5.78 Å². The van der Waals surface area contributed by atoms with Gasteiger partial charge in [-0.3, -0.25) is 4.79 Å². The SMILES string of the molecule is CC(=O)c1nc(C)sc1-c1c(C)cc(C)cc1C. The van der Waals surface area contributed by atoms with Crippen LogP contribution in [0.15, 0.2) is 12.1 Å². The van der Waals surface area contributed by atoms with Gasteiger partial charge in [-0.2, -0.15) is 0 Å². The number of rotatable bonds is 2. The van der Waals surface area contributed by atoms with Crippen molar-refractivity contribution in [3.8, 4) is 10.4 Å². The highest BCUT2D eigenvalue weighted by Gasteiger charge is 2.18. The van der Waals surface area contributed by atoms with Gasteiger partial charge < -0.3 is 0 Å². The second-order valence-corrected chi connectivity index (χ2v) is 5.94. The molecule has 94 valence electrons. The van der Waals surface area contributed by atoms with Crippen molar-refractivity contribution in [3.63, 3.8) is 0 Å². The highest BCUT2D eigenvalue weighted by atomic mass is 32.1. The molecule has 0 amide bonds. The Morgan fingerprint density at radius 1 is 1.11 bits per heavy atom. The van der Waals surface area contributed by atoms with Crippen LogP contribution >= 0.6 is 11.3 Å². The molecule has 1 heterocycles. The van der Waals surface area contributed by atoms with Crippen LogP contribution < -0.4 is 0 Å². The standard InChI is InChI=1S/C15H17NOS/c1-8-6-9(2)13(10(3)7-8)15-14(11(4)17)16-12(5)18-15/h6-7H,1-5H3. The number of hydrogen-bond acceptors (Lipinski definition) is 3. The minimum absolute atomic E-state index is 0.0359. The van der Waals surface area contributed by atoms with Crippen molar-refractivity contribution < 1.29 is 4.79 Å². The zero-order chi connectivity index (χ0) is 13.4. The maximum atomic E-state index is 11.7. The lowest BCUT2D eigenvalue weighted by molar-refractivity contribution is 0.101. The van der Waals surface area contributed by atoms with E-state index in [-0.39, 0.29) is 5.78 Å². The summed E-state index contributed by atoms with van der Waals surface area (Å²) in [6.45, 7) is 9.80. The molecule has 0 aliphatic heterocycles. The third-order valence-corrected chi connectivity index (χ3v) is 3.96. The minimum atomic E-state index is 0.0359. The molecule has 0 spiro atoms. The van der Waals surface area contributed by atoms with E-state index in [4.69, 9.17) is 0 Å². The lowest BCUT2D eigenvalue weighted by atomic mass is 9.97. The molecule has 0 N–H and O–H groups in total. The summed E-state index contributed by atoms with van der Waals surface area (Å²) in [6, 6.07) is 4.31. The second-order valence-electron chi connectivity index (χ2n) is 4.74. The second kappa shape index (κ2) is 4.65. The van der Waals surface area contributed by atoms with Gasteiger partial charge in [0.05, 0.1) is 9.88 Å². The Kier molecular flexibility index (Phi) is 3.35. The van der Waals surface area contributed by atoms with Crippen LogP contribution in [-0.4, -0.2) is 10.8 Å². The Morgan fingerprint density at radius 3 is 2.17 bits per heavy atom. The van der Waals surface area contributed by atoms with Gasteiger partial charge in [0.2, 0.25) is 0 Å². The predicted molar refractivity (Wildman–Crippen MR) is 76.5 cm³/mol. The van der Waals surface area contributed by atoms with E-state index in [9.17, 15) is 4.79 Å².